The number of ether oxygens (including phenoxy) is 5. The lowest BCUT2D eigenvalue weighted by molar-refractivity contribution is -0.387. The van der Waals surface area contributed by atoms with Crippen molar-refractivity contribution in [2.45, 2.75) is 58.3 Å². The number of nitrogen functional groups attached to an aromatic ring is 2. The quantitative estimate of drug-likeness (QED) is 0.00987. The predicted molar refractivity (Wildman–Crippen MR) is 469 cm³/mol. The minimum absolute atomic E-state index is 0.0284. The maximum Gasteiger partial charge on any atom is 0.328 e. The molecular formula is C88H87ClF2N18O14. The zero-order valence-corrected chi connectivity index (χ0v) is 68.2. The number of rotatable bonds is 19. The standard InChI is InChI=1S/C20H16N4O4.C20H18N4O2.C16H9FN4O2.C8H3ClFN3O2.C8H7N.C6H11NO2.C6H15N.C4H8O2/c1-2-13-4-3-5-14(8-13)23-20-16-9-18(24(25)26)19(10-17(16)21-12-22-20)28-15-6-7-27-11-15;1-2-13-4-3-5-14(8-13)24-20-16-9-17(21)19(10-18(16)22-12-23-20)26-15-6-7-25-11-15;1-2-10-4-3-5-11(6-10)20-16-12-7-15(21(22)23)13(17)8-14(12)18-9-19-16;9-8-4-1-7(13(14)15)5(10)2-6(4)11-3-12-8;1-2-7-4-3-5-8(9)6-7;1-7(2)5-3-4-6(8)9;1-4-7(5-2)6-3;5-4-1-2-6-3-4/h1,3-5,8-10,12,15H,6-7,11H2,(H,21,22,23);1,3-5,8-10,12,15H,6-7,11,21H2,(H,22,23,24);1,3-9H,(H,18,19,20);1-3H;1,3-6H,9H2;3-4H,5H2,1-2H3,(H,8,9);4-6H2,1-3H3;4-5H,1-3H2/b;;;;;4-3+;;/t2*15-;;;;;;4-/m00.....0/s1. The summed E-state index contributed by atoms with van der Waals surface area (Å²) in [5.41, 5.74) is 18.5. The Morgan fingerprint density at radius 2 is 0.919 bits per heavy atom. The number of likely N-dealkylation sites (N-methyl/N-ethyl adjacent to an activating group) is 1. The van der Waals surface area contributed by atoms with Crippen molar-refractivity contribution >= 4 is 124 Å². The second kappa shape index (κ2) is 47.8. The first-order valence-electron chi connectivity index (χ1n) is 37.9. The average Bonchev–Trinajstić information content (AvgIpc) is 1.52. The second-order valence-electron chi connectivity index (χ2n) is 26.7. The lowest BCUT2D eigenvalue weighted by Gasteiger charge is -2.15. The number of carbonyl (C=O) groups is 1. The van der Waals surface area contributed by atoms with Gasteiger partial charge in [0, 0.05) is 130 Å². The Morgan fingerprint density at radius 3 is 1.28 bits per heavy atom. The number of hydrogen-bond donors (Lipinski definition) is 7. The van der Waals surface area contributed by atoms with Crippen molar-refractivity contribution < 1.29 is 62.2 Å². The number of nitrogens with two attached hydrogens (primary N) is 2. The molecule has 0 radical (unpaired) electrons. The highest BCUT2D eigenvalue weighted by Crippen LogP contribution is 2.38. The number of carboxylic acids is 1. The average molecular weight is 1690 g/mol. The Morgan fingerprint density at radius 1 is 0.537 bits per heavy atom. The van der Waals surface area contributed by atoms with Crippen LogP contribution in [-0.2, 0) is 19.0 Å². The molecular weight excluding hydrogens is 1610 g/mol. The maximum absolute atomic E-state index is 13.7. The van der Waals surface area contributed by atoms with Gasteiger partial charge in [-0.3, -0.25) is 30.3 Å². The van der Waals surface area contributed by atoms with Crippen LogP contribution in [0, 0.1) is 91.4 Å². The molecule has 0 bridgehead atoms. The van der Waals surface area contributed by atoms with Crippen molar-refractivity contribution in [2.75, 3.05) is 107 Å². The van der Waals surface area contributed by atoms with E-state index >= 15 is 0 Å². The minimum atomic E-state index is -0.943. The van der Waals surface area contributed by atoms with Gasteiger partial charge in [-0.05, 0) is 119 Å². The van der Waals surface area contributed by atoms with E-state index in [-0.39, 0.29) is 51.3 Å². The van der Waals surface area contributed by atoms with E-state index < -0.39 is 43.7 Å². The fraction of sp³-hybridized carbons (Fsp3) is 0.239. The predicted octanol–water partition coefficient (Wildman–Crippen LogP) is 14.8. The van der Waals surface area contributed by atoms with Gasteiger partial charge in [-0.1, -0.05) is 86.4 Å². The van der Waals surface area contributed by atoms with Gasteiger partial charge in [0.2, 0.25) is 11.6 Å². The fourth-order valence-electron chi connectivity index (χ4n) is 11.4. The number of fused-ring (bicyclic) bond motifs is 4. The summed E-state index contributed by atoms with van der Waals surface area (Å²) < 4.78 is 54.0. The number of anilines is 8. The van der Waals surface area contributed by atoms with E-state index in [2.05, 4.69) is 105 Å². The number of nitrogens with one attached hydrogen (secondary N) is 3. The van der Waals surface area contributed by atoms with Crippen LogP contribution in [0.25, 0.3) is 43.6 Å². The SMILES string of the molecule is C#Cc1cccc(N)c1.C#Cc1cccc(Nc2ncnc3cc(F)c([N+](=O)[O-])cc23)c1.C#Cc1cccc(Nc2ncnc3cc(O[C@H]4CCOC4)c(N)cc23)c1.C#Cc1cccc(Nc2ncnc3cc(O[C@H]4CCOC4)c([N+](=O)[O-])cc23)c1.CCN(CC)CC.CN(C)C/C=C/C(=O)O.O=[N+]([O-])c1cc2c(Cl)ncnc2cc1F.O[C@H]1CCOC1. The van der Waals surface area contributed by atoms with E-state index in [1.165, 1.54) is 44.7 Å². The molecule has 32 nitrogen and oxygen atoms in total. The molecule has 0 unspecified atom stereocenters. The van der Waals surface area contributed by atoms with E-state index in [0.717, 1.165) is 89.5 Å². The van der Waals surface area contributed by atoms with Gasteiger partial charge >= 0.3 is 23.0 Å². The van der Waals surface area contributed by atoms with Crippen molar-refractivity contribution in [3.8, 4) is 60.9 Å². The molecule has 3 saturated heterocycles. The molecule has 0 saturated carbocycles. The molecule has 3 aliphatic rings. The highest BCUT2D eigenvalue weighted by Gasteiger charge is 2.26. The van der Waals surface area contributed by atoms with Crippen molar-refractivity contribution in [3.05, 3.63) is 252 Å². The molecule has 0 aliphatic carbocycles. The highest BCUT2D eigenvalue weighted by atomic mass is 35.5. The number of aromatic nitrogens is 8. The fourth-order valence-corrected chi connectivity index (χ4v) is 11.6. The van der Waals surface area contributed by atoms with Crippen LogP contribution in [0.1, 0.15) is 62.3 Å². The van der Waals surface area contributed by atoms with Crippen LogP contribution in [0.2, 0.25) is 5.15 Å². The van der Waals surface area contributed by atoms with Crippen LogP contribution in [0.15, 0.2) is 183 Å². The molecule has 3 atom stereocenters. The number of terminal acetylenes is 4. The van der Waals surface area contributed by atoms with Gasteiger partial charge in [-0.2, -0.15) is 8.78 Å². The third-order valence-electron chi connectivity index (χ3n) is 17.7. The number of aliphatic carboxylic acids is 1. The second-order valence-corrected chi connectivity index (χ2v) is 27.0. The van der Waals surface area contributed by atoms with Gasteiger partial charge in [-0.25, -0.2) is 44.7 Å². The van der Waals surface area contributed by atoms with E-state index in [4.69, 9.17) is 82.7 Å². The van der Waals surface area contributed by atoms with Crippen LogP contribution in [0.5, 0.6) is 11.5 Å². The summed E-state index contributed by atoms with van der Waals surface area (Å²) in [5, 5.41) is 61.1. The Balaban J connectivity index is 0.000000184. The van der Waals surface area contributed by atoms with Gasteiger partial charge in [0.15, 0.2) is 5.75 Å². The number of nitro benzene ring substituents is 3. The third-order valence-corrected chi connectivity index (χ3v) is 18.0. The number of nitro groups is 3. The number of carboxylic acid groups (broad SMARTS) is 1. The molecule has 0 spiro atoms. The zero-order valence-electron chi connectivity index (χ0n) is 67.5. The smallest absolute Gasteiger partial charge is 0.328 e. The van der Waals surface area contributed by atoms with Crippen LogP contribution in [0.4, 0.5) is 71.7 Å². The Labute approximate surface area is 711 Å². The topological polar surface area (TPSA) is 431 Å². The first-order chi connectivity index (χ1) is 59.2. The van der Waals surface area contributed by atoms with Gasteiger partial charge in [-0.15, -0.1) is 25.7 Å². The summed E-state index contributed by atoms with van der Waals surface area (Å²) in [6.07, 6.45) is 31.4. The summed E-state index contributed by atoms with van der Waals surface area (Å²) in [6.45, 7) is 14.4. The van der Waals surface area contributed by atoms with Crippen molar-refractivity contribution in [3.63, 3.8) is 0 Å². The van der Waals surface area contributed by atoms with E-state index in [9.17, 15) is 43.9 Å². The molecule has 3 aliphatic heterocycles. The lowest BCUT2D eigenvalue weighted by Crippen LogP contribution is -2.21. The van der Waals surface area contributed by atoms with Crippen LogP contribution in [0.3, 0.4) is 0 Å². The first kappa shape index (κ1) is 93.8. The minimum Gasteiger partial charge on any atom is -0.486 e. The van der Waals surface area contributed by atoms with Crippen LogP contribution >= 0.6 is 11.6 Å². The monoisotopic (exact) mass is 1690 g/mol. The number of nitrogens with zero attached hydrogens (tertiary/aromatic N) is 13. The zero-order chi connectivity index (χ0) is 88.9. The molecule has 12 aromatic rings. The number of aliphatic hydroxyl groups excluding tert-OH is 1. The van der Waals surface area contributed by atoms with Gasteiger partial charge < -0.3 is 71.1 Å². The number of benzene rings is 8. The molecule has 7 heterocycles. The molecule has 35 heteroatoms. The van der Waals surface area contributed by atoms with Gasteiger partial charge in [0.25, 0.3) is 0 Å². The molecule has 0 amide bonds. The Bertz CT molecular complexity index is 5860. The summed E-state index contributed by atoms with van der Waals surface area (Å²) >= 11 is 5.69. The van der Waals surface area contributed by atoms with E-state index in [1.807, 2.05) is 85.7 Å². The lowest BCUT2D eigenvalue weighted by atomic mass is 10.1. The maximum atomic E-state index is 13.7. The molecule has 9 N–H and O–H groups in total. The van der Waals surface area contributed by atoms with Crippen molar-refractivity contribution in [2.24, 2.45) is 0 Å². The van der Waals surface area contributed by atoms with Crippen LogP contribution < -0.4 is 36.9 Å². The molecule has 4 aromatic heterocycles. The Kier molecular flexibility index (Phi) is 36.4. The highest BCUT2D eigenvalue weighted by molar-refractivity contribution is 6.34. The number of halogens is 3. The number of hydrogen-bond acceptors (Lipinski definition) is 28. The Hall–Kier alpha value is -14.7. The number of aliphatic hydroxyl groups is 1. The van der Waals surface area contributed by atoms with E-state index in [0.29, 0.717) is 114 Å². The third kappa shape index (κ3) is 29.1. The molecule has 634 valence electrons. The summed E-state index contributed by atoms with van der Waals surface area (Å²) in [4.78, 5) is 77.6. The summed E-state index contributed by atoms with van der Waals surface area (Å²) in [6, 6.07) is 39.9. The van der Waals surface area contributed by atoms with Crippen LogP contribution in [-0.4, -0.2) is 179 Å². The van der Waals surface area contributed by atoms with Crippen molar-refractivity contribution in [1.29, 1.82) is 0 Å². The summed E-state index contributed by atoms with van der Waals surface area (Å²) in [7, 11) is 3.76. The first-order valence-corrected chi connectivity index (χ1v) is 38.3. The van der Waals surface area contributed by atoms with Gasteiger partial charge in [0.1, 0.15) is 65.9 Å². The largest absolute Gasteiger partial charge is 0.486 e. The normalized spacial score (nSPS) is 14.0. The van der Waals surface area contributed by atoms with Gasteiger partial charge in [0.05, 0.1) is 92.4 Å². The molecule has 3 fully saturated rings. The molecule has 8 aromatic carbocycles. The summed E-state index contributed by atoms with van der Waals surface area (Å²) in [5.74, 6) is 9.63. The molecule has 15 rings (SSSR count). The molecule has 123 heavy (non-hydrogen) atoms. The van der Waals surface area contributed by atoms with E-state index in [1.54, 1.807) is 54.6 Å². The van der Waals surface area contributed by atoms with Crippen molar-refractivity contribution in [1.82, 2.24) is 49.7 Å².